The molecule has 2 nitrogen and oxygen atoms in total. The number of benzene rings is 6. The van der Waals surface area contributed by atoms with Crippen LogP contribution in [-0.2, 0) is 0 Å². The Balaban J connectivity index is 1.55. The molecule has 0 aliphatic rings. The molecule has 42 heavy (non-hydrogen) atoms. The van der Waals surface area contributed by atoms with E-state index in [1.165, 1.54) is 31.8 Å². The summed E-state index contributed by atoms with van der Waals surface area (Å²) in [5, 5.41) is 7.57. The van der Waals surface area contributed by atoms with Gasteiger partial charge in [0.2, 0.25) is 0 Å². The maximum Gasteiger partial charge on any atom is 0.0581 e. The van der Waals surface area contributed by atoms with Crippen LogP contribution in [0.1, 0.15) is 0 Å². The molecule has 0 aliphatic heterocycles. The maximum atomic E-state index is 5.69. The Labute approximate surface area is 249 Å². The average Bonchev–Trinajstić information content (AvgIpc) is 3.09. The molecule has 0 radical (unpaired) electrons. The fourth-order valence-electron chi connectivity index (χ4n) is 5.64. The van der Waals surface area contributed by atoms with Crippen LogP contribution in [0.4, 0.5) is 0 Å². The molecule has 0 amide bonds. The van der Waals surface area contributed by atoms with E-state index in [4.69, 9.17) is 9.49 Å². The Morgan fingerprint density at radius 3 is 0.595 bits per heavy atom. The largest absolute Gasteiger partial charge is 0.288 e. The molecule has 6 rings (SSSR count). The van der Waals surface area contributed by atoms with Crippen molar-refractivity contribution in [1.82, 2.24) is 0 Å². The van der Waals surface area contributed by atoms with Gasteiger partial charge in [-0.25, -0.2) is 0 Å². The van der Waals surface area contributed by atoms with Crippen LogP contribution in [0.25, 0.3) is 0 Å². The van der Waals surface area contributed by atoms with Crippen molar-refractivity contribution in [3.63, 3.8) is 0 Å². The van der Waals surface area contributed by atoms with Crippen LogP contribution < -0.4 is 31.8 Å². The molecule has 0 atom stereocenters. The summed E-state index contributed by atoms with van der Waals surface area (Å²) in [4.78, 5) is 0. The lowest BCUT2D eigenvalue weighted by molar-refractivity contribution is 0.998. The molecule has 0 saturated carbocycles. The van der Waals surface area contributed by atoms with Crippen LogP contribution in [0.3, 0.4) is 0 Å². The van der Waals surface area contributed by atoms with Gasteiger partial charge >= 0.3 is 0 Å². The third kappa shape index (κ3) is 5.49. The van der Waals surface area contributed by atoms with Gasteiger partial charge in [0.15, 0.2) is 0 Å². The van der Waals surface area contributed by atoms with Gasteiger partial charge in [-0.15, -0.1) is 0 Å². The van der Waals surface area contributed by atoms with E-state index in [0.29, 0.717) is 13.1 Å². The molecular weight excluding hydrogens is 546 g/mol. The second-order valence-electron chi connectivity index (χ2n) is 10.0. The second-order valence-corrected chi connectivity index (χ2v) is 16.2. The lowest BCUT2D eigenvalue weighted by Gasteiger charge is -2.28. The van der Waals surface area contributed by atoms with Crippen molar-refractivity contribution in [2.45, 2.75) is 0 Å². The van der Waals surface area contributed by atoms with E-state index in [1.54, 1.807) is 0 Å². The van der Waals surface area contributed by atoms with Crippen LogP contribution in [-0.4, -0.2) is 13.1 Å². The summed E-state index contributed by atoms with van der Waals surface area (Å²) in [6.07, 6.45) is 0. The molecule has 0 fully saturated rings. The van der Waals surface area contributed by atoms with Gasteiger partial charge in [-0.05, 0) is 0 Å². The van der Waals surface area contributed by atoms with Crippen molar-refractivity contribution in [1.29, 1.82) is 0 Å². The summed E-state index contributed by atoms with van der Waals surface area (Å²) in [5.41, 5.74) is 0. The Kier molecular flexibility index (Phi) is 8.76. The van der Waals surface area contributed by atoms with E-state index in [2.05, 4.69) is 182 Å². The average molecular weight is 581 g/mol. The van der Waals surface area contributed by atoms with Crippen LogP contribution in [0.5, 0.6) is 0 Å². The summed E-state index contributed by atoms with van der Waals surface area (Å²) < 4.78 is 11.4. The molecule has 0 aromatic heterocycles. The Morgan fingerprint density at radius 2 is 0.429 bits per heavy atom. The van der Waals surface area contributed by atoms with Gasteiger partial charge in [-0.3, -0.25) is 9.49 Å². The fraction of sp³-hybridized carbons (Fsp3) is 0.0526. The summed E-state index contributed by atoms with van der Waals surface area (Å²) in [6, 6.07) is 65.0. The van der Waals surface area contributed by atoms with Gasteiger partial charge in [-0.1, -0.05) is 182 Å². The highest BCUT2D eigenvalue weighted by Gasteiger charge is 2.28. The molecule has 0 spiro atoms. The number of rotatable bonds is 9. The van der Waals surface area contributed by atoms with Crippen molar-refractivity contribution in [2.75, 3.05) is 13.1 Å². The SMILES string of the molecule is c1ccc(P(=NCCN=P(c2ccccc2)(c2ccccc2)c2ccccc2)(c2ccccc2)c2ccccc2)cc1. The van der Waals surface area contributed by atoms with Gasteiger partial charge in [-0.2, -0.15) is 0 Å². The molecule has 0 heterocycles. The van der Waals surface area contributed by atoms with E-state index < -0.39 is 14.1 Å². The van der Waals surface area contributed by atoms with E-state index in [1.807, 2.05) is 0 Å². The molecule has 6 aromatic carbocycles. The Bertz CT molecular complexity index is 1460. The number of hydrogen-bond donors (Lipinski definition) is 0. The van der Waals surface area contributed by atoms with Crippen molar-refractivity contribution < 1.29 is 0 Å². The zero-order valence-electron chi connectivity index (χ0n) is 23.5. The standard InChI is InChI=1S/C38H34N2P2/c1-7-19-33(20-8-1)41(34-21-9-2-10-22-34,35-23-11-3-12-24-35)39-31-32-40-42(36-25-13-4-14-26-36,37-27-15-5-16-28-37)38-29-17-6-18-30-38/h1-30H,31-32H2. The molecule has 0 N–H and O–H groups in total. The molecule has 4 heteroatoms. The maximum absolute atomic E-state index is 5.69. The van der Waals surface area contributed by atoms with E-state index in [9.17, 15) is 0 Å². The Morgan fingerprint density at radius 1 is 0.262 bits per heavy atom. The topological polar surface area (TPSA) is 24.7 Å². The zero-order valence-corrected chi connectivity index (χ0v) is 25.3. The second kappa shape index (κ2) is 13.2. The highest BCUT2D eigenvalue weighted by atomic mass is 31.2. The van der Waals surface area contributed by atoms with Gasteiger partial charge in [0, 0.05) is 31.8 Å². The first-order valence-electron chi connectivity index (χ1n) is 14.3. The third-order valence-electron chi connectivity index (χ3n) is 7.50. The lowest BCUT2D eigenvalue weighted by atomic mass is 10.4. The molecule has 0 aliphatic carbocycles. The van der Waals surface area contributed by atoms with Crippen LogP contribution in [0.2, 0.25) is 0 Å². The van der Waals surface area contributed by atoms with Gasteiger partial charge in [0.05, 0.1) is 27.2 Å². The van der Waals surface area contributed by atoms with Crippen molar-refractivity contribution in [3.05, 3.63) is 182 Å². The minimum atomic E-state index is -2.27. The van der Waals surface area contributed by atoms with Crippen molar-refractivity contribution >= 4 is 45.9 Å². The summed E-state index contributed by atoms with van der Waals surface area (Å²) in [5.74, 6) is 0. The smallest absolute Gasteiger partial charge is 0.0581 e. The number of nitrogens with zero attached hydrogens (tertiary/aromatic N) is 2. The first kappa shape index (κ1) is 27.9. The highest BCUT2D eigenvalue weighted by molar-refractivity contribution is 7.87. The van der Waals surface area contributed by atoms with Crippen molar-refractivity contribution in [3.8, 4) is 0 Å². The number of hydrogen-bond acceptors (Lipinski definition) is 2. The normalized spacial score (nSPS) is 11.5. The van der Waals surface area contributed by atoms with Gasteiger partial charge in [0.1, 0.15) is 0 Å². The predicted molar refractivity (Wildman–Crippen MR) is 185 cm³/mol. The van der Waals surface area contributed by atoms with Crippen LogP contribution in [0, 0.1) is 0 Å². The zero-order chi connectivity index (χ0) is 28.5. The fourth-order valence-corrected chi connectivity index (χ4v) is 12.8. The van der Waals surface area contributed by atoms with E-state index >= 15 is 0 Å². The van der Waals surface area contributed by atoms with E-state index in [0.717, 1.165) is 0 Å². The van der Waals surface area contributed by atoms with Crippen LogP contribution in [0.15, 0.2) is 191 Å². The minimum absolute atomic E-state index is 0.626. The monoisotopic (exact) mass is 580 g/mol. The molecule has 0 saturated heterocycles. The first-order chi connectivity index (χ1) is 20.8. The first-order valence-corrected chi connectivity index (χ1v) is 17.8. The predicted octanol–water partition coefficient (Wildman–Crippen LogP) is 7.34. The summed E-state index contributed by atoms with van der Waals surface area (Å²) in [6.45, 7) is 1.25. The summed E-state index contributed by atoms with van der Waals surface area (Å²) >= 11 is 0. The molecule has 206 valence electrons. The molecule has 6 aromatic rings. The molecular formula is C38H34N2P2. The highest BCUT2D eigenvalue weighted by Crippen LogP contribution is 2.48. The minimum Gasteiger partial charge on any atom is -0.288 e. The van der Waals surface area contributed by atoms with Crippen molar-refractivity contribution in [2.24, 2.45) is 9.49 Å². The lowest BCUT2D eigenvalue weighted by Crippen LogP contribution is -2.26. The van der Waals surface area contributed by atoms with E-state index in [-0.39, 0.29) is 0 Å². The molecule has 0 unspecified atom stereocenters. The van der Waals surface area contributed by atoms with Crippen LogP contribution >= 0.6 is 14.1 Å². The van der Waals surface area contributed by atoms with Gasteiger partial charge < -0.3 is 0 Å². The van der Waals surface area contributed by atoms with Gasteiger partial charge in [0.25, 0.3) is 0 Å². The summed E-state index contributed by atoms with van der Waals surface area (Å²) in [7, 11) is -4.55. The quantitative estimate of drug-likeness (QED) is 0.126. The third-order valence-corrected chi connectivity index (χ3v) is 15.0. The molecule has 0 bridgehead atoms. The Hall–Kier alpha value is -4.22.